The Hall–Kier alpha value is -1.07. The maximum atomic E-state index is 8.09. The molecule has 6 heteroatoms. The van der Waals surface area contributed by atoms with Gasteiger partial charge in [0.1, 0.15) is 10.7 Å². The van der Waals surface area contributed by atoms with Crippen LogP contribution in [-0.4, -0.2) is 42.3 Å². The zero-order valence-corrected chi connectivity index (χ0v) is 13.2. The van der Waals surface area contributed by atoms with E-state index in [1.807, 2.05) is 0 Å². The Balaban J connectivity index is 2.17. The molecule has 2 rings (SSSR count). The van der Waals surface area contributed by atoms with Crippen LogP contribution in [0, 0.1) is 5.41 Å². The summed E-state index contributed by atoms with van der Waals surface area (Å²) >= 11 is 6.27. The van der Waals surface area contributed by atoms with E-state index >= 15 is 0 Å². The van der Waals surface area contributed by atoms with Crippen LogP contribution in [0.1, 0.15) is 34.3 Å². The van der Waals surface area contributed by atoms with Crippen LogP contribution in [0.25, 0.3) is 0 Å². The highest BCUT2D eigenvalue weighted by atomic mass is 35.5. The van der Waals surface area contributed by atoms with Crippen molar-refractivity contribution in [3.63, 3.8) is 0 Å². The van der Waals surface area contributed by atoms with Gasteiger partial charge in [-0.25, -0.2) is 0 Å². The van der Waals surface area contributed by atoms with Gasteiger partial charge < -0.3 is 9.47 Å². The molecule has 1 aliphatic heterocycles. The predicted molar refractivity (Wildman–Crippen MR) is 80.1 cm³/mol. The molecule has 0 amide bonds. The third-order valence-electron chi connectivity index (χ3n) is 3.27. The van der Waals surface area contributed by atoms with Crippen LogP contribution in [-0.2, 0) is 11.3 Å². The standard InChI is InChI=1S/C14H22ClN3O2/c1-14(2,3)11-9-18-10(8-16-11)12(15)13(17-18)20-7-5-6-19-4/h8,11H,5-7,9H2,1-4H3/t11-/m0/s1/i8D. The Kier molecular flexibility index (Phi) is 4.27. The zero-order chi connectivity index (χ0) is 15.6. The van der Waals surface area contributed by atoms with Crippen LogP contribution in [0.4, 0.5) is 0 Å². The lowest BCUT2D eigenvalue weighted by Gasteiger charge is -2.29. The maximum absolute atomic E-state index is 8.09. The van der Waals surface area contributed by atoms with Crippen LogP contribution in [0.15, 0.2) is 4.99 Å². The van der Waals surface area contributed by atoms with Crippen molar-refractivity contribution >= 4 is 17.8 Å². The molecule has 0 spiro atoms. The largest absolute Gasteiger partial charge is 0.475 e. The van der Waals surface area contributed by atoms with Gasteiger partial charge in [0.2, 0.25) is 0 Å². The van der Waals surface area contributed by atoms with Crippen molar-refractivity contribution in [1.82, 2.24) is 9.78 Å². The fourth-order valence-electron chi connectivity index (χ4n) is 1.93. The van der Waals surface area contributed by atoms with Crippen LogP contribution >= 0.6 is 11.6 Å². The molecule has 1 aromatic heterocycles. The number of hydrogen-bond donors (Lipinski definition) is 0. The first-order chi connectivity index (χ1) is 9.84. The molecule has 0 aliphatic carbocycles. The first-order valence-electron chi connectivity index (χ1n) is 7.27. The van der Waals surface area contributed by atoms with Crippen molar-refractivity contribution in [3.8, 4) is 5.88 Å². The van der Waals surface area contributed by atoms with Crippen LogP contribution in [0.3, 0.4) is 0 Å². The molecule has 0 saturated heterocycles. The molecular formula is C14H22ClN3O2. The molecule has 0 saturated carbocycles. The van der Waals surface area contributed by atoms with E-state index in [1.165, 1.54) is 0 Å². The zero-order valence-electron chi connectivity index (χ0n) is 13.4. The molecule has 20 heavy (non-hydrogen) atoms. The molecule has 0 bridgehead atoms. The van der Waals surface area contributed by atoms with E-state index in [1.54, 1.807) is 11.8 Å². The fraction of sp³-hybridized carbons (Fsp3) is 0.714. The van der Waals surface area contributed by atoms with Gasteiger partial charge in [0.25, 0.3) is 5.88 Å². The molecule has 5 nitrogen and oxygen atoms in total. The second-order valence-corrected chi connectivity index (χ2v) is 6.35. The Morgan fingerprint density at radius 1 is 1.50 bits per heavy atom. The lowest BCUT2D eigenvalue weighted by Crippen LogP contribution is -2.33. The Bertz CT molecular complexity index is 537. The highest BCUT2D eigenvalue weighted by Crippen LogP contribution is 2.32. The van der Waals surface area contributed by atoms with E-state index in [2.05, 4.69) is 30.9 Å². The quantitative estimate of drug-likeness (QED) is 0.786. The van der Waals surface area contributed by atoms with Crippen molar-refractivity contribution in [3.05, 3.63) is 10.7 Å². The molecule has 112 valence electrons. The number of aromatic nitrogens is 2. The van der Waals surface area contributed by atoms with Gasteiger partial charge in [-0.1, -0.05) is 32.4 Å². The van der Waals surface area contributed by atoms with E-state index in [-0.39, 0.29) is 17.6 Å². The van der Waals surface area contributed by atoms with Crippen LogP contribution < -0.4 is 4.74 Å². The SMILES string of the molecule is [2H]C1=N[C@H](C(C)(C)C)Cn2nc(OCCCOC)c(Cl)c21. The molecule has 0 fully saturated rings. The summed E-state index contributed by atoms with van der Waals surface area (Å²) in [5.74, 6) is 0.372. The first kappa shape index (κ1) is 13.9. The summed E-state index contributed by atoms with van der Waals surface area (Å²) in [4.78, 5) is 4.44. The van der Waals surface area contributed by atoms with Gasteiger partial charge in [-0.05, 0) is 5.41 Å². The average molecular weight is 301 g/mol. The molecule has 0 N–H and O–H groups in total. The van der Waals surface area contributed by atoms with Gasteiger partial charge in [-0.2, -0.15) is 0 Å². The van der Waals surface area contributed by atoms with Gasteiger partial charge in [0.15, 0.2) is 0 Å². The van der Waals surface area contributed by atoms with E-state index in [0.717, 1.165) is 6.42 Å². The summed E-state index contributed by atoms with van der Waals surface area (Å²) in [5, 5.41) is 4.75. The maximum Gasteiger partial charge on any atom is 0.252 e. The van der Waals surface area contributed by atoms with Gasteiger partial charge in [-0.3, -0.25) is 9.67 Å². The van der Waals surface area contributed by atoms with E-state index in [4.69, 9.17) is 22.4 Å². The molecule has 1 atom stereocenters. The minimum Gasteiger partial charge on any atom is -0.475 e. The average Bonchev–Trinajstić information content (AvgIpc) is 2.71. The van der Waals surface area contributed by atoms with Crippen molar-refractivity contribution < 1.29 is 10.8 Å². The number of halogens is 1. The number of nitrogens with zero attached hydrogens (tertiary/aromatic N) is 3. The second kappa shape index (κ2) is 6.14. The van der Waals surface area contributed by atoms with Gasteiger partial charge >= 0.3 is 0 Å². The number of rotatable bonds is 5. The minimum absolute atomic E-state index is 0.00908. The van der Waals surface area contributed by atoms with E-state index < -0.39 is 0 Å². The number of methoxy groups -OCH3 is 1. The summed E-state index contributed by atoms with van der Waals surface area (Å²) in [6.45, 7) is 8.04. The molecule has 1 aliphatic rings. The summed E-state index contributed by atoms with van der Waals surface area (Å²) in [6.07, 6.45) is 0.937. The molecule has 0 radical (unpaired) electrons. The molecular weight excluding hydrogens is 278 g/mol. The monoisotopic (exact) mass is 300 g/mol. The lowest BCUT2D eigenvalue weighted by molar-refractivity contribution is 0.170. The summed E-state index contributed by atoms with van der Waals surface area (Å²) < 4.78 is 20.4. The molecule has 1 aromatic rings. The van der Waals surface area contributed by atoms with Gasteiger partial charge in [0, 0.05) is 26.3 Å². The first-order valence-corrected chi connectivity index (χ1v) is 7.15. The van der Waals surface area contributed by atoms with Crippen LogP contribution in [0.2, 0.25) is 5.02 Å². The summed E-state index contributed by atoms with van der Waals surface area (Å²) in [7, 11) is 1.65. The highest BCUT2D eigenvalue weighted by Gasteiger charge is 2.29. The molecule has 2 heterocycles. The van der Waals surface area contributed by atoms with Crippen molar-refractivity contribution in [1.29, 1.82) is 0 Å². The Morgan fingerprint density at radius 2 is 2.25 bits per heavy atom. The highest BCUT2D eigenvalue weighted by molar-refractivity contribution is 6.34. The Labute approximate surface area is 126 Å². The smallest absolute Gasteiger partial charge is 0.252 e. The second-order valence-electron chi connectivity index (χ2n) is 5.97. The number of fused-ring (bicyclic) bond motifs is 1. The van der Waals surface area contributed by atoms with E-state index in [0.29, 0.717) is 36.4 Å². The minimum atomic E-state index is -0.0259. The third kappa shape index (κ3) is 3.33. The lowest BCUT2D eigenvalue weighted by atomic mass is 9.86. The van der Waals surface area contributed by atoms with Crippen molar-refractivity contribution in [2.45, 2.75) is 39.8 Å². The number of hydrogen-bond acceptors (Lipinski definition) is 4. The van der Waals surface area contributed by atoms with Gasteiger partial charge in [-0.15, -0.1) is 5.10 Å². The fourth-order valence-corrected chi connectivity index (χ4v) is 2.16. The van der Waals surface area contributed by atoms with E-state index in [9.17, 15) is 0 Å². The number of ether oxygens (including phenoxy) is 2. The molecule has 0 unspecified atom stereocenters. The van der Waals surface area contributed by atoms with Crippen LogP contribution in [0.5, 0.6) is 5.88 Å². The number of aliphatic imine (C=N–C) groups is 1. The van der Waals surface area contributed by atoms with Gasteiger partial charge in [0.05, 0.1) is 20.6 Å². The summed E-state index contributed by atoms with van der Waals surface area (Å²) in [6, 6.07) is 0.00908. The van der Waals surface area contributed by atoms with Crippen molar-refractivity contribution in [2.24, 2.45) is 10.4 Å². The normalized spacial score (nSPS) is 19.4. The topological polar surface area (TPSA) is 48.6 Å². The summed E-state index contributed by atoms with van der Waals surface area (Å²) in [5.41, 5.74) is 0.515. The van der Waals surface area contributed by atoms with Crippen molar-refractivity contribution in [2.75, 3.05) is 20.3 Å². The predicted octanol–water partition coefficient (Wildman–Crippen LogP) is 2.80. The molecule has 0 aromatic carbocycles. The Morgan fingerprint density at radius 3 is 2.90 bits per heavy atom. The third-order valence-corrected chi connectivity index (χ3v) is 3.61.